The first-order chi connectivity index (χ1) is 15.5. The fraction of sp³-hybridized carbons (Fsp3) is 0.565. The van der Waals surface area contributed by atoms with E-state index >= 15 is 0 Å². The average molecular weight is 441 g/mol. The van der Waals surface area contributed by atoms with Crippen LogP contribution in [0.25, 0.3) is 0 Å². The third-order valence-corrected chi connectivity index (χ3v) is 7.13. The van der Waals surface area contributed by atoms with Crippen LogP contribution in [-0.4, -0.2) is 65.9 Å². The minimum Gasteiger partial charge on any atom is -0.371 e. The van der Waals surface area contributed by atoms with Gasteiger partial charge in [-0.3, -0.25) is 29.4 Å². The highest BCUT2D eigenvalue weighted by atomic mass is 16.5. The number of hydrogen-bond donors (Lipinski definition) is 3. The molecule has 1 aliphatic carbocycles. The quantitative estimate of drug-likeness (QED) is 0.583. The molecule has 1 unspecified atom stereocenters. The fourth-order valence-electron chi connectivity index (χ4n) is 5.43. The Bertz CT molecular complexity index is 963. The van der Waals surface area contributed by atoms with Crippen molar-refractivity contribution in [3.63, 3.8) is 0 Å². The molecule has 3 aliphatic heterocycles. The molecule has 1 spiro atoms. The smallest absolute Gasteiger partial charge is 0.262 e. The number of nitrogens with zero attached hydrogens (tertiary/aromatic N) is 1. The van der Waals surface area contributed by atoms with Crippen molar-refractivity contribution in [1.82, 2.24) is 20.9 Å². The molecular weight excluding hydrogens is 412 g/mol. The van der Waals surface area contributed by atoms with Crippen LogP contribution in [0, 0.1) is 0 Å². The van der Waals surface area contributed by atoms with Crippen molar-refractivity contribution in [3.8, 4) is 0 Å². The minimum atomic E-state index is -0.945. The highest BCUT2D eigenvalue weighted by Crippen LogP contribution is 2.33. The van der Waals surface area contributed by atoms with Crippen molar-refractivity contribution < 1.29 is 23.9 Å². The van der Waals surface area contributed by atoms with Crippen LogP contribution in [-0.2, 0) is 20.9 Å². The van der Waals surface area contributed by atoms with Crippen molar-refractivity contribution in [2.45, 2.75) is 62.8 Å². The SMILES string of the molecule is O=C1CCC(N2C(=O)c3ccc(CN[C@@H]4CCCC[C@]45CNCCO5)cc3C2=O)C(=O)N1. The van der Waals surface area contributed by atoms with E-state index in [0.717, 1.165) is 49.2 Å². The van der Waals surface area contributed by atoms with Crippen LogP contribution >= 0.6 is 0 Å². The second kappa shape index (κ2) is 8.38. The highest BCUT2D eigenvalue weighted by Gasteiger charge is 2.45. The second-order valence-electron chi connectivity index (χ2n) is 9.10. The van der Waals surface area contributed by atoms with E-state index in [-0.39, 0.29) is 30.4 Å². The molecule has 170 valence electrons. The van der Waals surface area contributed by atoms with E-state index in [1.54, 1.807) is 12.1 Å². The van der Waals surface area contributed by atoms with Crippen molar-refractivity contribution in [2.75, 3.05) is 19.7 Å². The number of hydrogen-bond acceptors (Lipinski definition) is 7. The van der Waals surface area contributed by atoms with Crippen LogP contribution in [0.15, 0.2) is 18.2 Å². The van der Waals surface area contributed by atoms with Crippen LogP contribution in [0.5, 0.6) is 0 Å². The largest absolute Gasteiger partial charge is 0.371 e. The zero-order chi connectivity index (χ0) is 22.3. The first-order valence-corrected chi connectivity index (χ1v) is 11.4. The number of amides is 4. The summed E-state index contributed by atoms with van der Waals surface area (Å²) in [6.07, 6.45) is 4.64. The summed E-state index contributed by atoms with van der Waals surface area (Å²) in [5, 5.41) is 9.30. The Morgan fingerprint density at radius 2 is 1.94 bits per heavy atom. The molecule has 9 nitrogen and oxygen atoms in total. The van der Waals surface area contributed by atoms with Crippen LogP contribution in [0.4, 0.5) is 0 Å². The first kappa shape index (κ1) is 21.2. The molecule has 0 radical (unpaired) electrons. The van der Waals surface area contributed by atoms with Gasteiger partial charge in [0.15, 0.2) is 0 Å². The van der Waals surface area contributed by atoms with Crippen molar-refractivity contribution in [1.29, 1.82) is 0 Å². The lowest BCUT2D eigenvalue weighted by atomic mass is 9.79. The molecule has 0 aromatic heterocycles. The van der Waals surface area contributed by atoms with Gasteiger partial charge >= 0.3 is 0 Å². The van der Waals surface area contributed by atoms with Gasteiger partial charge in [-0.05, 0) is 37.0 Å². The molecule has 9 heteroatoms. The molecule has 1 aromatic carbocycles. The van der Waals surface area contributed by atoms with E-state index in [2.05, 4.69) is 16.0 Å². The van der Waals surface area contributed by atoms with Gasteiger partial charge in [-0.2, -0.15) is 0 Å². The maximum absolute atomic E-state index is 13.0. The van der Waals surface area contributed by atoms with Gasteiger partial charge in [0.05, 0.1) is 23.3 Å². The Labute approximate surface area is 186 Å². The van der Waals surface area contributed by atoms with Crippen molar-refractivity contribution in [3.05, 3.63) is 34.9 Å². The number of piperidine rings is 1. The predicted molar refractivity (Wildman–Crippen MR) is 114 cm³/mol. The number of nitrogens with one attached hydrogen (secondary N) is 3. The molecule has 4 aliphatic rings. The summed E-state index contributed by atoms with van der Waals surface area (Å²) in [5.41, 5.74) is 1.33. The number of fused-ring (bicyclic) bond motifs is 1. The van der Waals surface area contributed by atoms with Gasteiger partial charge in [0.25, 0.3) is 11.8 Å². The molecule has 4 amide bonds. The van der Waals surface area contributed by atoms with Crippen LogP contribution in [0.1, 0.15) is 64.8 Å². The normalized spacial score (nSPS) is 30.6. The number of carbonyl (C=O) groups is 4. The van der Waals surface area contributed by atoms with Crippen molar-refractivity contribution in [2.24, 2.45) is 0 Å². The van der Waals surface area contributed by atoms with Gasteiger partial charge in [0, 0.05) is 32.1 Å². The molecule has 0 bridgehead atoms. The molecule has 3 fully saturated rings. The molecule has 3 atom stereocenters. The Kier molecular flexibility index (Phi) is 5.56. The van der Waals surface area contributed by atoms with E-state index in [1.165, 1.54) is 0 Å². The molecule has 2 saturated heterocycles. The van der Waals surface area contributed by atoms with E-state index in [1.807, 2.05) is 6.07 Å². The van der Waals surface area contributed by atoms with Crippen LogP contribution in [0.2, 0.25) is 0 Å². The van der Waals surface area contributed by atoms with Crippen LogP contribution in [0.3, 0.4) is 0 Å². The third-order valence-electron chi connectivity index (χ3n) is 7.13. The Hall–Kier alpha value is -2.62. The number of imide groups is 2. The summed E-state index contributed by atoms with van der Waals surface area (Å²) in [5.74, 6) is -1.93. The number of carbonyl (C=O) groups excluding carboxylic acids is 4. The monoisotopic (exact) mass is 440 g/mol. The second-order valence-corrected chi connectivity index (χ2v) is 9.10. The number of morpholine rings is 1. The van der Waals surface area contributed by atoms with E-state index < -0.39 is 23.8 Å². The lowest BCUT2D eigenvalue weighted by Crippen LogP contribution is -2.62. The van der Waals surface area contributed by atoms with Gasteiger partial charge in [-0.15, -0.1) is 0 Å². The van der Waals surface area contributed by atoms with Gasteiger partial charge in [0.2, 0.25) is 11.8 Å². The molecule has 3 heterocycles. The van der Waals surface area contributed by atoms with E-state index in [9.17, 15) is 19.2 Å². The van der Waals surface area contributed by atoms with Gasteiger partial charge in [-0.1, -0.05) is 18.9 Å². The summed E-state index contributed by atoms with van der Waals surface area (Å²) < 4.78 is 6.22. The summed E-state index contributed by atoms with van der Waals surface area (Å²) in [7, 11) is 0. The van der Waals surface area contributed by atoms with Gasteiger partial charge in [0.1, 0.15) is 6.04 Å². The standard InChI is InChI=1S/C23H28N4O5/c28-19-7-6-17(20(29)26-19)27-21(30)15-5-4-14(11-16(15)22(27)31)12-25-18-3-1-2-8-23(18)13-24-9-10-32-23/h4-5,11,17-18,24-25H,1-3,6-10,12-13H2,(H,26,28,29)/t17?,18-,23+/m1/s1. The van der Waals surface area contributed by atoms with Gasteiger partial charge in [-0.25, -0.2) is 0 Å². The van der Waals surface area contributed by atoms with Crippen molar-refractivity contribution >= 4 is 23.6 Å². The molecule has 3 N–H and O–H groups in total. The van der Waals surface area contributed by atoms with E-state index in [4.69, 9.17) is 4.74 Å². The first-order valence-electron chi connectivity index (χ1n) is 11.4. The zero-order valence-electron chi connectivity index (χ0n) is 17.9. The minimum absolute atomic E-state index is 0.110. The number of ether oxygens (including phenoxy) is 1. The molecular formula is C23H28N4O5. The summed E-state index contributed by atoms with van der Waals surface area (Å²) in [6, 6.07) is 4.52. The van der Waals surface area contributed by atoms with Gasteiger partial charge < -0.3 is 15.4 Å². The topological polar surface area (TPSA) is 117 Å². The maximum Gasteiger partial charge on any atom is 0.262 e. The fourth-order valence-corrected chi connectivity index (χ4v) is 5.43. The lowest BCUT2D eigenvalue weighted by Gasteiger charge is -2.47. The molecule has 5 rings (SSSR count). The summed E-state index contributed by atoms with van der Waals surface area (Å²) in [4.78, 5) is 50.5. The van der Waals surface area contributed by atoms with E-state index in [0.29, 0.717) is 24.3 Å². The summed E-state index contributed by atoms with van der Waals surface area (Å²) >= 11 is 0. The Morgan fingerprint density at radius 3 is 2.72 bits per heavy atom. The summed E-state index contributed by atoms with van der Waals surface area (Å²) in [6.45, 7) is 2.98. The Balaban J connectivity index is 1.30. The third kappa shape index (κ3) is 3.64. The van der Waals surface area contributed by atoms with Crippen LogP contribution < -0.4 is 16.0 Å². The molecule has 1 saturated carbocycles. The number of benzene rings is 1. The lowest BCUT2D eigenvalue weighted by molar-refractivity contribution is -0.136. The zero-order valence-corrected chi connectivity index (χ0v) is 17.9. The number of rotatable bonds is 4. The molecule has 1 aromatic rings. The average Bonchev–Trinajstić information content (AvgIpc) is 3.04. The highest BCUT2D eigenvalue weighted by molar-refractivity contribution is 6.23. The maximum atomic E-state index is 13.0. The Morgan fingerprint density at radius 1 is 1.09 bits per heavy atom. The predicted octanol–water partition coefficient (Wildman–Crippen LogP) is 0.479. The molecule has 32 heavy (non-hydrogen) atoms.